The maximum Gasteiger partial charge on any atom is 0.129 e. The third-order valence-corrected chi connectivity index (χ3v) is 1.80. The molecule has 2 aromatic rings. The van der Waals surface area contributed by atoms with Crippen molar-refractivity contribution < 1.29 is 0 Å². The van der Waals surface area contributed by atoms with E-state index in [1.54, 1.807) is 6.33 Å². The third kappa shape index (κ3) is 1.51. The molecule has 0 radical (unpaired) electrons. The van der Waals surface area contributed by atoms with Gasteiger partial charge in [0.05, 0.1) is 11.4 Å². The van der Waals surface area contributed by atoms with Crippen LogP contribution < -0.4 is 5.32 Å². The topological polar surface area (TPSA) is 53.6 Å². The summed E-state index contributed by atoms with van der Waals surface area (Å²) < 4.78 is 0. The van der Waals surface area contributed by atoms with E-state index in [1.165, 1.54) is 0 Å². The molecular formula is C9H10N4. The van der Waals surface area contributed by atoms with Gasteiger partial charge in [-0.25, -0.2) is 9.97 Å². The highest BCUT2D eigenvalue weighted by molar-refractivity contribution is 5.57. The molecule has 2 rings (SSSR count). The van der Waals surface area contributed by atoms with Crippen molar-refractivity contribution in [1.82, 2.24) is 15.0 Å². The highest BCUT2D eigenvalue weighted by atomic mass is 15.0. The molecule has 0 saturated carbocycles. The van der Waals surface area contributed by atoms with Crippen molar-refractivity contribution in [2.24, 2.45) is 0 Å². The van der Waals surface area contributed by atoms with Crippen molar-refractivity contribution in [3.05, 3.63) is 30.7 Å². The number of hydrogen-bond donors (Lipinski definition) is 2. The number of H-pyrrole nitrogens is 1. The number of anilines is 1. The maximum absolute atomic E-state index is 4.15. The van der Waals surface area contributed by atoms with E-state index >= 15 is 0 Å². The molecule has 0 amide bonds. The zero-order chi connectivity index (χ0) is 9.10. The number of aromatic nitrogens is 3. The van der Waals surface area contributed by atoms with Gasteiger partial charge in [-0.05, 0) is 12.1 Å². The smallest absolute Gasteiger partial charge is 0.129 e. The minimum Gasteiger partial charge on any atom is -0.373 e. The summed E-state index contributed by atoms with van der Waals surface area (Å²) >= 11 is 0. The first kappa shape index (κ1) is 7.79. The summed E-state index contributed by atoms with van der Waals surface area (Å²) in [6.07, 6.45) is 3.42. The summed E-state index contributed by atoms with van der Waals surface area (Å²) in [7, 11) is 1.83. The van der Waals surface area contributed by atoms with Crippen LogP contribution in [0.15, 0.2) is 30.7 Å². The Morgan fingerprint density at radius 2 is 2.31 bits per heavy atom. The van der Waals surface area contributed by atoms with Gasteiger partial charge in [0.2, 0.25) is 0 Å². The summed E-state index contributed by atoms with van der Waals surface area (Å²) in [5, 5.41) is 2.96. The standard InChI is InChI=1S/C9H10N4/c1-10-9-5-8(12-6-13-9)7-3-2-4-11-7/h2-6,11H,1H3,(H,10,12,13). The predicted molar refractivity (Wildman–Crippen MR) is 51.4 cm³/mol. The van der Waals surface area contributed by atoms with E-state index in [2.05, 4.69) is 20.3 Å². The first-order chi connectivity index (χ1) is 6.40. The fourth-order valence-corrected chi connectivity index (χ4v) is 1.13. The van der Waals surface area contributed by atoms with E-state index in [4.69, 9.17) is 0 Å². The number of rotatable bonds is 2. The molecule has 0 spiro atoms. The van der Waals surface area contributed by atoms with Gasteiger partial charge < -0.3 is 10.3 Å². The molecule has 0 aromatic carbocycles. The monoisotopic (exact) mass is 174 g/mol. The first-order valence-corrected chi connectivity index (χ1v) is 4.03. The van der Waals surface area contributed by atoms with Crippen LogP contribution in [-0.2, 0) is 0 Å². The minimum atomic E-state index is 0.819. The van der Waals surface area contributed by atoms with Crippen LogP contribution >= 0.6 is 0 Å². The predicted octanol–water partition coefficient (Wildman–Crippen LogP) is 1.51. The second kappa shape index (κ2) is 3.26. The molecule has 2 aromatic heterocycles. The summed E-state index contributed by atoms with van der Waals surface area (Å²) in [4.78, 5) is 11.3. The highest BCUT2D eigenvalue weighted by Crippen LogP contribution is 2.15. The number of nitrogens with one attached hydrogen (secondary N) is 2. The molecule has 0 unspecified atom stereocenters. The minimum absolute atomic E-state index is 0.819. The van der Waals surface area contributed by atoms with Gasteiger partial charge in [-0.3, -0.25) is 0 Å². The summed E-state index contributed by atoms with van der Waals surface area (Å²) in [6, 6.07) is 5.81. The molecule has 13 heavy (non-hydrogen) atoms. The van der Waals surface area contributed by atoms with E-state index in [0.29, 0.717) is 0 Å². The van der Waals surface area contributed by atoms with Crippen LogP contribution in [0.4, 0.5) is 5.82 Å². The molecule has 0 aliphatic rings. The summed E-state index contributed by atoms with van der Waals surface area (Å²) in [5.41, 5.74) is 1.89. The average Bonchev–Trinajstić information content (AvgIpc) is 2.71. The van der Waals surface area contributed by atoms with Crippen molar-refractivity contribution in [1.29, 1.82) is 0 Å². The molecule has 0 saturated heterocycles. The van der Waals surface area contributed by atoms with Gasteiger partial charge in [-0.15, -0.1) is 0 Å². The summed E-state index contributed by atoms with van der Waals surface area (Å²) in [6.45, 7) is 0. The second-order valence-electron chi connectivity index (χ2n) is 2.62. The molecule has 0 atom stereocenters. The van der Waals surface area contributed by atoms with E-state index in [0.717, 1.165) is 17.2 Å². The first-order valence-electron chi connectivity index (χ1n) is 4.03. The Morgan fingerprint density at radius 3 is 3.00 bits per heavy atom. The Kier molecular flexibility index (Phi) is 1.96. The van der Waals surface area contributed by atoms with E-state index in [-0.39, 0.29) is 0 Å². The van der Waals surface area contributed by atoms with Crippen molar-refractivity contribution in [3.63, 3.8) is 0 Å². The summed E-state index contributed by atoms with van der Waals surface area (Å²) in [5.74, 6) is 0.819. The van der Waals surface area contributed by atoms with Gasteiger partial charge in [0.25, 0.3) is 0 Å². The zero-order valence-electron chi connectivity index (χ0n) is 7.28. The molecule has 4 heteroatoms. The fourth-order valence-electron chi connectivity index (χ4n) is 1.13. The second-order valence-corrected chi connectivity index (χ2v) is 2.62. The van der Waals surface area contributed by atoms with Crippen molar-refractivity contribution in [3.8, 4) is 11.4 Å². The normalized spacial score (nSPS) is 9.92. The lowest BCUT2D eigenvalue weighted by Gasteiger charge is -2.00. The lowest BCUT2D eigenvalue weighted by atomic mass is 10.3. The number of aromatic amines is 1. The Morgan fingerprint density at radius 1 is 1.38 bits per heavy atom. The lowest BCUT2D eigenvalue weighted by molar-refractivity contribution is 1.15. The largest absolute Gasteiger partial charge is 0.373 e. The SMILES string of the molecule is CNc1cc(-c2ccc[nH]2)ncn1. The zero-order valence-corrected chi connectivity index (χ0v) is 7.28. The van der Waals surface area contributed by atoms with Gasteiger partial charge in [0.1, 0.15) is 12.1 Å². The van der Waals surface area contributed by atoms with Crippen molar-refractivity contribution in [2.45, 2.75) is 0 Å². The van der Waals surface area contributed by atoms with Crippen LogP contribution in [-0.4, -0.2) is 22.0 Å². The Balaban J connectivity index is 2.41. The molecule has 2 heterocycles. The molecular weight excluding hydrogens is 164 g/mol. The quantitative estimate of drug-likeness (QED) is 0.725. The van der Waals surface area contributed by atoms with Gasteiger partial charge >= 0.3 is 0 Å². The Bertz CT molecular complexity index is 380. The number of nitrogens with zero attached hydrogens (tertiary/aromatic N) is 2. The van der Waals surface area contributed by atoms with Crippen LogP contribution in [0.3, 0.4) is 0 Å². The molecule has 0 aliphatic carbocycles. The van der Waals surface area contributed by atoms with Gasteiger partial charge in [-0.1, -0.05) is 0 Å². The van der Waals surface area contributed by atoms with Gasteiger partial charge in [0.15, 0.2) is 0 Å². The van der Waals surface area contributed by atoms with Crippen LogP contribution in [0.2, 0.25) is 0 Å². The van der Waals surface area contributed by atoms with Crippen LogP contribution in [0.1, 0.15) is 0 Å². The molecule has 4 nitrogen and oxygen atoms in total. The average molecular weight is 174 g/mol. The van der Waals surface area contributed by atoms with Crippen molar-refractivity contribution >= 4 is 5.82 Å². The van der Waals surface area contributed by atoms with Crippen LogP contribution in [0.5, 0.6) is 0 Å². The van der Waals surface area contributed by atoms with E-state index < -0.39 is 0 Å². The Labute approximate surface area is 76.1 Å². The van der Waals surface area contributed by atoms with E-state index in [1.807, 2.05) is 31.4 Å². The third-order valence-electron chi connectivity index (χ3n) is 1.80. The van der Waals surface area contributed by atoms with Crippen LogP contribution in [0, 0.1) is 0 Å². The number of hydrogen-bond acceptors (Lipinski definition) is 3. The molecule has 66 valence electrons. The highest BCUT2D eigenvalue weighted by Gasteiger charge is 1.99. The molecule has 2 N–H and O–H groups in total. The van der Waals surface area contributed by atoms with Crippen LogP contribution in [0.25, 0.3) is 11.4 Å². The van der Waals surface area contributed by atoms with E-state index in [9.17, 15) is 0 Å². The maximum atomic E-state index is 4.15. The van der Waals surface area contributed by atoms with Gasteiger partial charge in [0, 0.05) is 19.3 Å². The molecule has 0 fully saturated rings. The van der Waals surface area contributed by atoms with Gasteiger partial charge in [-0.2, -0.15) is 0 Å². The fraction of sp³-hybridized carbons (Fsp3) is 0.111. The molecule has 0 bridgehead atoms. The molecule has 0 aliphatic heterocycles. The Hall–Kier alpha value is -1.84. The lowest BCUT2D eigenvalue weighted by Crippen LogP contribution is -1.93. The van der Waals surface area contributed by atoms with Crippen molar-refractivity contribution in [2.75, 3.05) is 12.4 Å².